The van der Waals surface area contributed by atoms with Gasteiger partial charge in [0.25, 0.3) is 0 Å². The molecule has 0 amide bonds. The summed E-state index contributed by atoms with van der Waals surface area (Å²) in [6.07, 6.45) is 3.89. The number of nitrogens with zero attached hydrogens (tertiary/aromatic N) is 3. The minimum Gasteiger partial charge on any atom is -0.258 e. The predicted molar refractivity (Wildman–Crippen MR) is 31.2 cm³/mol. The first-order chi connectivity index (χ1) is 3.79. The van der Waals surface area contributed by atoms with Crippen molar-refractivity contribution in [1.29, 1.82) is 0 Å². The van der Waals surface area contributed by atoms with E-state index in [1.165, 1.54) is 0 Å². The van der Waals surface area contributed by atoms with Crippen LogP contribution < -0.4 is 0 Å². The molecular weight excluding hydrogens is 102 g/mol. The summed E-state index contributed by atoms with van der Waals surface area (Å²) < 4.78 is 0. The van der Waals surface area contributed by atoms with Crippen molar-refractivity contribution in [3.63, 3.8) is 0 Å². The van der Waals surface area contributed by atoms with Crippen molar-refractivity contribution < 1.29 is 0 Å². The van der Waals surface area contributed by atoms with E-state index in [1.807, 2.05) is 26.2 Å². The van der Waals surface area contributed by atoms with Crippen LogP contribution in [0.5, 0.6) is 0 Å². The summed E-state index contributed by atoms with van der Waals surface area (Å²) in [6, 6.07) is 0.256. The monoisotopic (exact) mass is 111 g/mol. The zero-order chi connectivity index (χ0) is 5.98. The molecule has 0 saturated carbocycles. The Balaban J connectivity index is 2.54. The largest absolute Gasteiger partial charge is 0.258 e. The van der Waals surface area contributed by atoms with Gasteiger partial charge in [-0.15, -0.1) is 0 Å². The van der Waals surface area contributed by atoms with Crippen LogP contribution in [0.3, 0.4) is 0 Å². The van der Waals surface area contributed by atoms with Gasteiger partial charge in [0.15, 0.2) is 0 Å². The van der Waals surface area contributed by atoms with Gasteiger partial charge in [0.1, 0.15) is 0 Å². The molecule has 0 aliphatic carbocycles. The van der Waals surface area contributed by atoms with Crippen LogP contribution in [-0.4, -0.2) is 18.1 Å². The molecule has 3 nitrogen and oxygen atoms in total. The van der Waals surface area contributed by atoms with Gasteiger partial charge in [0.2, 0.25) is 0 Å². The molecule has 0 spiro atoms. The minimum atomic E-state index is 0.256. The average Bonchev–Trinajstić information content (AvgIpc) is 1.77. The SMILES string of the molecule is CC1C=CN(C)N=N1. The highest BCUT2D eigenvalue weighted by atomic mass is 15.5. The average molecular weight is 111 g/mol. The summed E-state index contributed by atoms with van der Waals surface area (Å²) in [5.74, 6) is 0. The van der Waals surface area contributed by atoms with Crippen LogP contribution in [0.1, 0.15) is 6.92 Å². The second-order valence-corrected chi connectivity index (χ2v) is 1.86. The molecule has 1 aliphatic rings. The van der Waals surface area contributed by atoms with E-state index in [-0.39, 0.29) is 6.04 Å². The van der Waals surface area contributed by atoms with Crippen LogP contribution in [-0.2, 0) is 0 Å². The van der Waals surface area contributed by atoms with Crippen LogP contribution in [0.15, 0.2) is 22.6 Å². The molecule has 1 heterocycles. The van der Waals surface area contributed by atoms with E-state index >= 15 is 0 Å². The smallest absolute Gasteiger partial charge is 0.0899 e. The van der Waals surface area contributed by atoms with E-state index < -0.39 is 0 Å². The number of hydrogen-bond donors (Lipinski definition) is 0. The first-order valence-electron chi connectivity index (χ1n) is 2.61. The van der Waals surface area contributed by atoms with Gasteiger partial charge in [0.05, 0.1) is 6.04 Å². The zero-order valence-corrected chi connectivity index (χ0v) is 5.07. The lowest BCUT2D eigenvalue weighted by Crippen LogP contribution is -2.07. The van der Waals surface area contributed by atoms with Gasteiger partial charge in [-0.3, -0.25) is 5.01 Å². The fourth-order valence-corrected chi connectivity index (χ4v) is 0.480. The molecule has 1 aliphatic heterocycles. The fraction of sp³-hybridized carbons (Fsp3) is 0.600. The maximum absolute atomic E-state index is 3.88. The van der Waals surface area contributed by atoms with Gasteiger partial charge in [-0.25, -0.2) is 0 Å². The Hall–Kier alpha value is -0.860. The Morgan fingerprint density at radius 3 is 2.75 bits per heavy atom. The lowest BCUT2D eigenvalue weighted by molar-refractivity contribution is 0.419. The Morgan fingerprint density at radius 2 is 2.38 bits per heavy atom. The molecule has 0 N–H and O–H groups in total. The first kappa shape index (κ1) is 5.28. The van der Waals surface area contributed by atoms with Gasteiger partial charge >= 0.3 is 0 Å². The van der Waals surface area contributed by atoms with Crippen LogP contribution in [0.4, 0.5) is 0 Å². The van der Waals surface area contributed by atoms with Crippen molar-refractivity contribution in [2.24, 2.45) is 10.3 Å². The second kappa shape index (κ2) is 1.94. The summed E-state index contributed by atoms with van der Waals surface area (Å²) in [7, 11) is 1.85. The maximum atomic E-state index is 3.88. The molecule has 1 unspecified atom stereocenters. The molecule has 0 aromatic carbocycles. The molecule has 0 bridgehead atoms. The Labute approximate surface area is 48.7 Å². The molecule has 8 heavy (non-hydrogen) atoms. The molecule has 0 radical (unpaired) electrons. The fourth-order valence-electron chi connectivity index (χ4n) is 0.480. The standard InChI is InChI=1S/C5H9N3/c1-5-3-4-8(2)7-6-5/h3-5H,1-2H3. The van der Waals surface area contributed by atoms with Gasteiger partial charge in [-0.1, -0.05) is 5.22 Å². The topological polar surface area (TPSA) is 28.0 Å². The number of hydrogen-bond acceptors (Lipinski definition) is 3. The normalized spacial score (nSPS) is 26.8. The second-order valence-electron chi connectivity index (χ2n) is 1.86. The summed E-state index contributed by atoms with van der Waals surface area (Å²) >= 11 is 0. The van der Waals surface area contributed by atoms with E-state index in [0.717, 1.165) is 0 Å². The Morgan fingerprint density at radius 1 is 1.62 bits per heavy atom. The van der Waals surface area contributed by atoms with Crippen LogP contribution in [0.25, 0.3) is 0 Å². The molecule has 0 aromatic rings. The van der Waals surface area contributed by atoms with Crippen molar-refractivity contribution in [3.8, 4) is 0 Å². The van der Waals surface area contributed by atoms with Gasteiger partial charge in [-0.05, 0) is 13.0 Å². The Kier molecular flexibility index (Phi) is 1.28. The van der Waals surface area contributed by atoms with Crippen LogP contribution in [0.2, 0.25) is 0 Å². The quantitative estimate of drug-likeness (QED) is 0.461. The lowest BCUT2D eigenvalue weighted by atomic mass is 10.3. The van der Waals surface area contributed by atoms with Gasteiger partial charge < -0.3 is 0 Å². The molecule has 3 heteroatoms. The zero-order valence-electron chi connectivity index (χ0n) is 5.07. The molecule has 44 valence electrons. The first-order valence-corrected chi connectivity index (χ1v) is 2.61. The third-order valence-corrected chi connectivity index (χ3v) is 0.955. The molecule has 0 saturated heterocycles. The summed E-state index contributed by atoms with van der Waals surface area (Å²) in [4.78, 5) is 0. The van der Waals surface area contributed by atoms with Crippen molar-refractivity contribution >= 4 is 0 Å². The van der Waals surface area contributed by atoms with Gasteiger partial charge in [-0.2, -0.15) is 5.11 Å². The molecule has 1 rings (SSSR count). The highest BCUT2D eigenvalue weighted by Crippen LogP contribution is 2.01. The van der Waals surface area contributed by atoms with E-state index in [9.17, 15) is 0 Å². The van der Waals surface area contributed by atoms with E-state index in [4.69, 9.17) is 0 Å². The van der Waals surface area contributed by atoms with E-state index in [2.05, 4.69) is 10.3 Å². The number of rotatable bonds is 0. The van der Waals surface area contributed by atoms with Gasteiger partial charge in [0, 0.05) is 13.2 Å². The van der Waals surface area contributed by atoms with E-state index in [0.29, 0.717) is 0 Å². The van der Waals surface area contributed by atoms with Crippen LogP contribution in [0, 0.1) is 0 Å². The van der Waals surface area contributed by atoms with Crippen molar-refractivity contribution in [2.75, 3.05) is 7.05 Å². The maximum Gasteiger partial charge on any atom is 0.0899 e. The Bertz CT molecular complexity index is 99.6. The minimum absolute atomic E-state index is 0.256. The van der Waals surface area contributed by atoms with Crippen LogP contribution >= 0.6 is 0 Å². The highest BCUT2D eigenvalue weighted by molar-refractivity contribution is 4.90. The van der Waals surface area contributed by atoms with Crippen molar-refractivity contribution in [3.05, 3.63) is 12.3 Å². The predicted octanol–water partition coefficient (Wildman–Crippen LogP) is 1.20. The third-order valence-electron chi connectivity index (χ3n) is 0.955. The molecule has 1 atom stereocenters. The van der Waals surface area contributed by atoms with E-state index in [1.54, 1.807) is 5.01 Å². The summed E-state index contributed by atoms with van der Waals surface area (Å²) in [6.45, 7) is 1.99. The lowest BCUT2D eigenvalue weighted by Gasteiger charge is -2.10. The molecular formula is C5H9N3. The van der Waals surface area contributed by atoms with Crippen molar-refractivity contribution in [2.45, 2.75) is 13.0 Å². The summed E-state index contributed by atoms with van der Waals surface area (Å²) in [5.41, 5.74) is 0. The third kappa shape index (κ3) is 1.05. The highest BCUT2D eigenvalue weighted by Gasteiger charge is 1.97. The summed E-state index contributed by atoms with van der Waals surface area (Å²) in [5, 5.41) is 9.34. The molecule has 0 fully saturated rings. The van der Waals surface area contributed by atoms with Crippen molar-refractivity contribution in [1.82, 2.24) is 5.01 Å². The molecule has 0 aromatic heterocycles.